The standard InChI is InChI=1S/C18H18BrN5O/c1-2-9-25-15-8-7-11(19)10-12(15)16-22-17(20)23-18-21-13-5-3-4-6-14(13)24(16)18/h3-8,10,16H,2,9H2,1H3,(H3,20,21,22,23). The second-order valence-corrected chi connectivity index (χ2v) is 6.75. The fourth-order valence-electron chi connectivity index (χ4n) is 2.99. The number of halogens is 1. The Bertz CT molecular complexity index is 965. The third kappa shape index (κ3) is 2.84. The lowest BCUT2D eigenvalue weighted by atomic mass is 10.1. The van der Waals surface area contributed by atoms with E-state index < -0.39 is 0 Å². The molecule has 0 fully saturated rings. The molecule has 0 saturated heterocycles. The Balaban J connectivity index is 1.91. The highest BCUT2D eigenvalue weighted by molar-refractivity contribution is 9.10. The molecule has 1 atom stereocenters. The van der Waals surface area contributed by atoms with Crippen molar-refractivity contribution in [3.8, 4) is 5.75 Å². The first-order valence-electron chi connectivity index (χ1n) is 8.17. The smallest absolute Gasteiger partial charge is 0.212 e. The van der Waals surface area contributed by atoms with Crippen molar-refractivity contribution < 1.29 is 4.74 Å². The van der Waals surface area contributed by atoms with Gasteiger partial charge in [0.25, 0.3) is 0 Å². The molecule has 0 amide bonds. The fourth-order valence-corrected chi connectivity index (χ4v) is 3.37. The number of ether oxygens (including phenoxy) is 1. The molecular formula is C18H18BrN5O. The maximum Gasteiger partial charge on any atom is 0.212 e. The number of aromatic nitrogens is 2. The van der Waals surface area contributed by atoms with Gasteiger partial charge in [-0.1, -0.05) is 35.0 Å². The summed E-state index contributed by atoms with van der Waals surface area (Å²) in [4.78, 5) is 9.26. The summed E-state index contributed by atoms with van der Waals surface area (Å²) in [5.41, 5.74) is 8.85. The minimum atomic E-state index is -0.340. The van der Waals surface area contributed by atoms with E-state index in [4.69, 9.17) is 10.5 Å². The van der Waals surface area contributed by atoms with Gasteiger partial charge in [0.15, 0.2) is 12.1 Å². The summed E-state index contributed by atoms with van der Waals surface area (Å²) >= 11 is 3.55. The zero-order valence-corrected chi connectivity index (χ0v) is 15.3. The maximum atomic E-state index is 6.02. The van der Waals surface area contributed by atoms with Crippen molar-refractivity contribution >= 4 is 38.9 Å². The number of para-hydroxylation sites is 2. The van der Waals surface area contributed by atoms with E-state index in [0.29, 0.717) is 18.5 Å². The molecule has 2 heterocycles. The predicted molar refractivity (Wildman–Crippen MR) is 103 cm³/mol. The molecule has 128 valence electrons. The largest absolute Gasteiger partial charge is 0.493 e. The number of hydrogen-bond acceptors (Lipinski definition) is 5. The van der Waals surface area contributed by atoms with E-state index in [1.807, 2.05) is 47.0 Å². The van der Waals surface area contributed by atoms with Crippen molar-refractivity contribution in [2.24, 2.45) is 10.7 Å². The molecule has 6 nitrogen and oxygen atoms in total. The van der Waals surface area contributed by atoms with Crippen LogP contribution in [-0.2, 0) is 0 Å². The summed E-state index contributed by atoms with van der Waals surface area (Å²) in [5, 5.41) is 3.05. The number of rotatable bonds is 4. The molecule has 0 spiro atoms. The Labute approximate surface area is 153 Å². The molecule has 1 unspecified atom stereocenters. The highest BCUT2D eigenvalue weighted by atomic mass is 79.9. The number of aliphatic imine (C=N–C) groups is 1. The number of anilines is 1. The Hall–Kier alpha value is -2.54. The quantitative estimate of drug-likeness (QED) is 0.697. The first-order chi connectivity index (χ1) is 12.2. The maximum absolute atomic E-state index is 6.02. The van der Waals surface area contributed by atoms with E-state index in [9.17, 15) is 0 Å². The van der Waals surface area contributed by atoms with Crippen molar-refractivity contribution in [1.82, 2.24) is 9.55 Å². The number of nitrogens with one attached hydrogen (secondary N) is 1. The van der Waals surface area contributed by atoms with Crippen LogP contribution in [-0.4, -0.2) is 22.1 Å². The SMILES string of the molecule is CCCOc1ccc(Br)cc1C1N=C(N)Nc2nc3ccccc3n21. The Morgan fingerprint density at radius 2 is 2.12 bits per heavy atom. The van der Waals surface area contributed by atoms with Gasteiger partial charge in [-0.2, -0.15) is 0 Å². The van der Waals surface area contributed by atoms with E-state index >= 15 is 0 Å². The fraction of sp³-hybridized carbons (Fsp3) is 0.222. The zero-order valence-electron chi connectivity index (χ0n) is 13.7. The van der Waals surface area contributed by atoms with E-state index in [0.717, 1.165) is 33.2 Å². The summed E-state index contributed by atoms with van der Waals surface area (Å²) < 4.78 is 8.96. The summed E-state index contributed by atoms with van der Waals surface area (Å²) in [6.45, 7) is 2.73. The lowest BCUT2D eigenvalue weighted by Gasteiger charge is -2.25. The Morgan fingerprint density at radius 3 is 2.96 bits per heavy atom. The molecule has 2 aromatic carbocycles. The van der Waals surface area contributed by atoms with Crippen LogP contribution in [0.5, 0.6) is 5.75 Å². The first-order valence-corrected chi connectivity index (χ1v) is 8.96. The van der Waals surface area contributed by atoms with Crippen LogP contribution in [0.1, 0.15) is 25.1 Å². The number of hydrogen-bond donors (Lipinski definition) is 2. The van der Waals surface area contributed by atoms with Crippen molar-refractivity contribution in [2.45, 2.75) is 19.5 Å². The van der Waals surface area contributed by atoms with E-state index in [2.05, 4.69) is 38.1 Å². The second kappa shape index (κ2) is 6.40. The number of nitrogens with zero attached hydrogens (tertiary/aromatic N) is 3. The third-order valence-corrected chi connectivity index (χ3v) is 4.55. The molecule has 7 heteroatoms. The van der Waals surface area contributed by atoms with Gasteiger partial charge in [-0.15, -0.1) is 0 Å². The number of fused-ring (bicyclic) bond motifs is 3. The summed E-state index contributed by atoms with van der Waals surface area (Å²) in [6.07, 6.45) is 0.597. The number of guanidine groups is 1. The van der Waals surface area contributed by atoms with Gasteiger partial charge in [0.05, 0.1) is 17.6 Å². The van der Waals surface area contributed by atoms with Gasteiger partial charge in [0, 0.05) is 10.0 Å². The van der Waals surface area contributed by atoms with E-state index in [1.165, 1.54) is 0 Å². The van der Waals surface area contributed by atoms with Crippen LogP contribution in [0.3, 0.4) is 0 Å². The molecule has 3 N–H and O–H groups in total. The molecule has 25 heavy (non-hydrogen) atoms. The van der Waals surface area contributed by atoms with Crippen LogP contribution in [0, 0.1) is 0 Å². The van der Waals surface area contributed by atoms with Gasteiger partial charge in [0.1, 0.15) is 5.75 Å². The lowest BCUT2D eigenvalue weighted by molar-refractivity contribution is 0.311. The predicted octanol–water partition coefficient (Wildman–Crippen LogP) is 3.87. The normalized spacial score (nSPS) is 16.2. The summed E-state index contributed by atoms with van der Waals surface area (Å²) in [6, 6.07) is 13.9. The zero-order chi connectivity index (χ0) is 17.4. The van der Waals surface area contributed by atoms with Gasteiger partial charge >= 0.3 is 0 Å². The monoisotopic (exact) mass is 399 g/mol. The van der Waals surface area contributed by atoms with Gasteiger partial charge in [-0.05, 0) is 36.8 Å². The molecule has 1 aliphatic heterocycles. The highest BCUT2D eigenvalue weighted by Crippen LogP contribution is 2.37. The second-order valence-electron chi connectivity index (χ2n) is 5.84. The van der Waals surface area contributed by atoms with E-state index in [1.54, 1.807) is 0 Å². The molecule has 0 radical (unpaired) electrons. The van der Waals surface area contributed by atoms with Crippen LogP contribution in [0.2, 0.25) is 0 Å². The Kier molecular flexibility index (Phi) is 4.09. The molecule has 0 aliphatic carbocycles. The highest BCUT2D eigenvalue weighted by Gasteiger charge is 2.27. The van der Waals surface area contributed by atoms with Crippen LogP contribution in [0.25, 0.3) is 11.0 Å². The molecule has 0 bridgehead atoms. The lowest BCUT2D eigenvalue weighted by Crippen LogP contribution is -2.31. The van der Waals surface area contributed by atoms with Crippen LogP contribution >= 0.6 is 15.9 Å². The number of imidazole rings is 1. The summed E-state index contributed by atoms with van der Waals surface area (Å²) in [5.74, 6) is 1.83. The van der Waals surface area contributed by atoms with Crippen LogP contribution in [0.15, 0.2) is 51.9 Å². The van der Waals surface area contributed by atoms with Crippen molar-refractivity contribution in [2.75, 3.05) is 11.9 Å². The molecule has 4 rings (SSSR count). The van der Waals surface area contributed by atoms with Gasteiger partial charge in [0.2, 0.25) is 5.95 Å². The average Bonchev–Trinajstić information content (AvgIpc) is 2.98. The molecule has 1 aromatic heterocycles. The average molecular weight is 400 g/mol. The van der Waals surface area contributed by atoms with Gasteiger partial charge in [-0.25, -0.2) is 9.98 Å². The summed E-state index contributed by atoms with van der Waals surface area (Å²) in [7, 11) is 0. The minimum Gasteiger partial charge on any atom is -0.493 e. The molecular weight excluding hydrogens is 382 g/mol. The first kappa shape index (κ1) is 16.0. The van der Waals surface area contributed by atoms with Gasteiger partial charge in [-0.3, -0.25) is 9.88 Å². The van der Waals surface area contributed by atoms with Crippen molar-refractivity contribution in [1.29, 1.82) is 0 Å². The van der Waals surface area contributed by atoms with Gasteiger partial charge < -0.3 is 10.5 Å². The molecule has 1 aliphatic rings. The van der Waals surface area contributed by atoms with Crippen LogP contribution in [0.4, 0.5) is 5.95 Å². The molecule has 0 saturated carbocycles. The van der Waals surface area contributed by atoms with E-state index in [-0.39, 0.29) is 6.17 Å². The molecule has 3 aromatic rings. The topological polar surface area (TPSA) is 77.5 Å². The number of benzene rings is 2. The van der Waals surface area contributed by atoms with Crippen molar-refractivity contribution in [3.63, 3.8) is 0 Å². The Morgan fingerprint density at radius 1 is 1.28 bits per heavy atom. The van der Waals surface area contributed by atoms with Crippen molar-refractivity contribution in [3.05, 3.63) is 52.5 Å². The minimum absolute atomic E-state index is 0.340. The van der Waals surface area contributed by atoms with Crippen LogP contribution < -0.4 is 15.8 Å². The number of nitrogens with two attached hydrogens (primary N) is 1. The third-order valence-electron chi connectivity index (χ3n) is 4.05.